The second-order valence-corrected chi connectivity index (χ2v) is 6.45. The van der Waals surface area contributed by atoms with Crippen LogP contribution in [0.2, 0.25) is 0 Å². The zero-order chi connectivity index (χ0) is 14.0. The van der Waals surface area contributed by atoms with Crippen LogP contribution in [0.3, 0.4) is 0 Å². The highest BCUT2D eigenvalue weighted by molar-refractivity contribution is 5.90. The molecule has 1 aliphatic rings. The molecule has 1 aromatic rings. The normalized spacial score (nSPS) is 25.8. The van der Waals surface area contributed by atoms with E-state index in [1.807, 2.05) is 6.07 Å². The summed E-state index contributed by atoms with van der Waals surface area (Å²) in [5.41, 5.74) is 0.513. The third-order valence-electron chi connectivity index (χ3n) is 3.76. The number of carboxylic acids is 1. The highest BCUT2D eigenvalue weighted by Gasteiger charge is 2.33. The predicted molar refractivity (Wildman–Crippen MR) is 74.6 cm³/mol. The number of carbonyl (C=O) groups is 1. The molecule has 2 atom stereocenters. The van der Waals surface area contributed by atoms with Gasteiger partial charge >= 0.3 is 5.97 Å². The van der Waals surface area contributed by atoms with E-state index in [2.05, 4.69) is 20.8 Å². The Morgan fingerprint density at radius 1 is 1.32 bits per heavy atom. The Kier molecular flexibility index (Phi) is 3.83. The first-order chi connectivity index (χ1) is 8.87. The topological polar surface area (TPSA) is 46.5 Å². The Balaban J connectivity index is 2.15. The summed E-state index contributed by atoms with van der Waals surface area (Å²) in [6.45, 7) is 6.74. The Morgan fingerprint density at radius 2 is 2.00 bits per heavy atom. The Morgan fingerprint density at radius 3 is 2.63 bits per heavy atom. The van der Waals surface area contributed by atoms with Gasteiger partial charge in [0.2, 0.25) is 0 Å². The van der Waals surface area contributed by atoms with Gasteiger partial charge in [-0.25, -0.2) is 4.79 Å². The van der Waals surface area contributed by atoms with Crippen molar-refractivity contribution in [3.05, 3.63) is 29.8 Å². The lowest BCUT2D eigenvalue weighted by Crippen LogP contribution is -2.34. The predicted octanol–water partition coefficient (Wildman–Crippen LogP) is 3.98. The van der Waals surface area contributed by atoms with Crippen LogP contribution in [-0.4, -0.2) is 17.2 Å². The van der Waals surface area contributed by atoms with E-state index in [4.69, 9.17) is 9.84 Å². The van der Waals surface area contributed by atoms with Gasteiger partial charge in [0.15, 0.2) is 0 Å². The number of aromatic carboxylic acids is 1. The second kappa shape index (κ2) is 5.24. The highest BCUT2D eigenvalue weighted by Crippen LogP contribution is 2.40. The van der Waals surface area contributed by atoms with Gasteiger partial charge in [0, 0.05) is 0 Å². The number of hydrogen-bond donors (Lipinski definition) is 1. The molecule has 3 nitrogen and oxygen atoms in total. The van der Waals surface area contributed by atoms with Crippen LogP contribution < -0.4 is 4.74 Å². The van der Waals surface area contributed by atoms with Crippen molar-refractivity contribution in [2.75, 3.05) is 0 Å². The molecule has 0 saturated heterocycles. The average Bonchev–Trinajstić information content (AvgIpc) is 2.26. The highest BCUT2D eigenvalue weighted by atomic mass is 16.5. The van der Waals surface area contributed by atoms with Crippen LogP contribution in [0.25, 0.3) is 0 Å². The summed E-state index contributed by atoms with van der Waals surface area (Å²) in [4.78, 5) is 11.2. The van der Waals surface area contributed by atoms with E-state index in [1.54, 1.807) is 18.2 Å². The van der Waals surface area contributed by atoms with Crippen molar-refractivity contribution in [1.29, 1.82) is 0 Å². The maximum absolute atomic E-state index is 11.2. The van der Waals surface area contributed by atoms with Gasteiger partial charge in [-0.1, -0.05) is 32.9 Å². The molecular formula is C16H22O3. The summed E-state index contributed by atoms with van der Waals surface area (Å²) in [5.74, 6) is 0.175. The Bertz CT molecular complexity index is 465. The molecule has 1 saturated carbocycles. The monoisotopic (exact) mass is 262 g/mol. The third-order valence-corrected chi connectivity index (χ3v) is 3.76. The number of ether oxygens (including phenoxy) is 1. The number of para-hydroxylation sites is 1. The van der Waals surface area contributed by atoms with E-state index in [1.165, 1.54) is 6.42 Å². The van der Waals surface area contributed by atoms with Crippen LogP contribution in [0.15, 0.2) is 24.3 Å². The van der Waals surface area contributed by atoms with Crippen molar-refractivity contribution in [3.8, 4) is 5.75 Å². The first kappa shape index (κ1) is 13.9. The van der Waals surface area contributed by atoms with Crippen LogP contribution in [0.1, 0.15) is 50.4 Å². The first-order valence-electron chi connectivity index (χ1n) is 6.86. The van der Waals surface area contributed by atoms with Gasteiger partial charge in [-0.2, -0.15) is 0 Å². The second-order valence-electron chi connectivity index (χ2n) is 6.45. The summed E-state index contributed by atoms with van der Waals surface area (Å²) >= 11 is 0. The fourth-order valence-corrected chi connectivity index (χ4v) is 3.27. The van der Waals surface area contributed by atoms with Crippen LogP contribution in [0.4, 0.5) is 0 Å². The minimum absolute atomic E-state index is 0.110. The van der Waals surface area contributed by atoms with Crippen molar-refractivity contribution in [1.82, 2.24) is 0 Å². The molecule has 104 valence electrons. The molecule has 0 aromatic heterocycles. The summed E-state index contributed by atoms with van der Waals surface area (Å²) < 4.78 is 5.97. The van der Waals surface area contributed by atoms with Crippen molar-refractivity contribution >= 4 is 5.97 Å². The van der Waals surface area contributed by atoms with Crippen LogP contribution in [-0.2, 0) is 0 Å². The smallest absolute Gasteiger partial charge is 0.339 e. The van der Waals surface area contributed by atoms with Gasteiger partial charge in [-0.3, -0.25) is 0 Å². The fourth-order valence-electron chi connectivity index (χ4n) is 3.27. The molecule has 0 heterocycles. The first-order valence-corrected chi connectivity index (χ1v) is 6.86. The van der Waals surface area contributed by atoms with Crippen molar-refractivity contribution < 1.29 is 14.6 Å². The maximum Gasteiger partial charge on any atom is 0.339 e. The molecule has 0 radical (unpaired) electrons. The minimum atomic E-state index is -0.932. The molecule has 3 heteroatoms. The molecule has 1 fully saturated rings. The van der Waals surface area contributed by atoms with Crippen molar-refractivity contribution in [3.63, 3.8) is 0 Å². The number of benzene rings is 1. The SMILES string of the molecule is CC1CC(Oc2ccccc2C(=O)O)CC(C)(C)C1. The average molecular weight is 262 g/mol. The summed E-state index contributed by atoms with van der Waals surface area (Å²) in [5, 5.41) is 9.17. The molecule has 2 rings (SSSR count). The maximum atomic E-state index is 11.2. The molecule has 0 spiro atoms. The fraction of sp³-hybridized carbons (Fsp3) is 0.562. The quantitative estimate of drug-likeness (QED) is 0.896. The molecule has 0 aliphatic heterocycles. The van der Waals surface area contributed by atoms with Gasteiger partial charge in [0.05, 0.1) is 6.10 Å². The zero-order valence-electron chi connectivity index (χ0n) is 11.8. The number of hydrogen-bond acceptors (Lipinski definition) is 2. The number of rotatable bonds is 3. The standard InChI is InChI=1S/C16H22O3/c1-11-8-12(10-16(2,3)9-11)19-14-7-5-4-6-13(14)15(17)18/h4-7,11-12H,8-10H2,1-3H3,(H,17,18). The lowest BCUT2D eigenvalue weighted by atomic mass is 9.71. The summed E-state index contributed by atoms with van der Waals surface area (Å²) in [6, 6.07) is 6.88. The summed E-state index contributed by atoms with van der Waals surface area (Å²) in [7, 11) is 0. The van der Waals surface area contributed by atoms with Crippen LogP contribution in [0.5, 0.6) is 5.75 Å². The van der Waals surface area contributed by atoms with E-state index in [-0.39, 0.29) is 17.1 Å². The lowest BCUT2D eigenvalue weighted by molar-refractivity contribution is 0.0532. The van der Waals surface area contributed by atoms with Crippen LogP contribution >= 0.6 is 0 Å². The van der Waals surface area contributed by atoms with E-state index >= 15 is 0 Å². The van der Waals surface area contributed by atoms with Crippen LogP contribution in [0, 0.1) is 11.3 Å². The van der Waals surface area contributed by atoms with Gasteiger partial charge in [-0.15, -0.1) is 0 Å². The Hall–Kier alpha value is -1.51. The van der Waals surface area contributed by atoms with Gasteiger partial charge < -0.3 is 9.84 Å². The van der Waals surface area contributed by atoms with E-state index in [9.17, 15) is 4.79 Å². The number of carboxylic acid groups (broad SMARTS) is 1. The molecule has 1 N–H and O–H groups in total. The molecule has 1 aromatic carbocycles. The van der Waals surface area contributed by atoms with E-state index < -0.39 is 5.97 Å². The lowest BCUT2D eigenvalue weighted by Gasteiger charge is -2.39. The van der Waals surface area contributed by atoms with Crippen molar-refractivity contribution in [2.24, 2.45) is 11.3 Å². The minimum Gasteiger partial charge on any atom is -0.489 e. The Labute approximate surface area is 114 Å². The molecule has 19 heavy (non-hydrogen) atoms. The van der Waals surface area contributed by atoms with Gasteiger partial charge in [0.1, 0.15) is 11.3 Å². The molecule has 1 aliphatic carbocycles. The molecular weight excluding hydrogens is 240 g/mol. The molecule has 2 unspecified atom stereocenters. The van der Waals surface area contributed by atoms with Gasteiger partial charge in [-0.05, 0) is 42.7 Å². The van der Waals surface area contributed by atoms with Crippen molar-refractivity contribution in [2.45, 2.75) is 46.1 Å². The largest absolute Gasteiger partial charge is 0.489 e. The molecule has 0 bridgehead atoms. The third kappa shape index (κ3) is 3.49. The van der Waals surface area contributed by atoms with E-state index in [0.29, 0.717) is 11.7 Å². The zero-order valence-corrected chi connectivity index (χ0v) is 11.8. The molecule has 0 amide bonds. The van der Waals surface area contributed by atoms with Gasteiger partial charge in [0.25, 0.3) is 0 Å². The van der Waals surface area contributed by atoms with E-state index in [0.717, 1.165) is 12.8 Å². The summed E-state index contributed by atoms with van der Waals surface area (Å²) in [6.07, 6.45) is 3.29.